The zero-order valence-electron chi connectivity index (χ0n) is 7.47. The summed E-state index contributed by atoms with van der Waals surface area (Å²) >= 11 is 0. The van der Waals surface area contributed by atoms with Gasteiger partial charge in [-0.1, -0.05) is 6.92 Å². The minimum absolute atomic E-state index is 0.211. The van der Waals surface area contributed by atoms with Crippen molar-refractivity contribution in [2.45, 2.75) is 26.4 Å². The van der Waals surface area contributed by atoms with Crippen molar-refractivity contribution in [2.75, 3.05) is 26.3 Å². The molecule has 3 heteroatoms. The standard InChI is InChI=1S/C8H19NO2/c1-3-8(10)7-9-5-6-11-4-2/h8-10H,3-7H2,1-2H3. The number of nitrogens with one attached hydrogen (secondary N) is 1. The predicted octanol–water partition coefficient (Wildman–Crippen LogP) is 0.383. The lowest BCUT2D eigenvalue weighted by Crippen LogP contribution is -2.28. The first-order valence-corrected chi connectivity index (χ1v) is 4.27. The van der Waals surface area contributed by atoms with E-state index in [4.69, 9.17) is 9.84 Å². The van der Waals surface area contributed by atoms with Crippen LogP contribution in [0.1, 0.15) is 20.3 Å². The quantitative estimate of drug-likeness (QED) is 0.530. The second-order valence-corrected chi connectivity index (χ2v) is 2.46. The molecule has 0 fully saturated rings. The Balaban J connectivity index is 2.89. The van der Waals surface area contributed by atoms with E-state index in [-0.39, 0.29) is 6.10 Å². The van der Waals surface area contributed by atoms with Gasteiger partial charge in [-0.05, 0) is 13.3 Å². The van der Waals surface area contributed by atoms with Gasteiger partial charge in [0.15, 0.2) is 0 Å². The lowest BCUT2D eigenvalue weighted by Gasteiger charge is -2.08. The van der Waals surface area contributed by atoms with Crippen LogP contribution in [0.5, 0.6) is 0 Å². The lowest BCUT2D eigenvalue weighted by molar-refractivity contribution is 0.136. The Morgan fingerprint density at radius 3 is 2.73 bits per heavy atom. The molecule has 3 nitrogen and oxygen atoms in total. The summed E-state index contributed by atoms with van der Waals surface area (Å²) in [5.41, 5.74) is 0. The van der Waals surface area contributed by atoms with Crippen molar-refractivity contribution in [3.05, 3.63) is 0 Å². The Hall–Kier alpha value is -0.120. The van der Waals surface area contributed by atoms with Crippen LogP contribution in [-0.4, -0.2) is 37.5 Å². The van der Waals surface area contributed by atoms with Crippen LogP contribution in [0.2, 0.25) is 0 Å². The zero-order valence-corrected chi connectivity index (χ0v) is 7.47. The number of ether oxygens (including phenoxy) is 1. The van der Waals surface area contributed by atoms with Crippen molar-refractivity contribution in [2.24, 2.45) is 0 Å². The first-order chi connectivity index (χ1) is 5.31. The van der Waals surface area contributed by atoms with Crippen molar-refractivity contribution in [3.8, 4) is 0 Å². The molecule has 0 rings (SSSR count). The smallest absolute Gasteiger partial charge is 0.0662 e. The fraction of sp³-hybridized carbons (Fsp3) is 1.00. The van der Waals surface area contributed by atoms with Gasteiger partial charge in [-0.15, -0.1) is 0 Å². The van der Waals surface area contributed by atoms with E-state index in [1.807, 2.05) is 13.8 Å². The number of aliphatic hydroxyl groups excluding tert-OH is 1. The molecule has 0 aromatic carbocycles. The van der Waals surface area contributed by atoms with E-state index in [9.17, 15) is 0 Å². The van der Waals surface area contributed by atoms with Crippen LogP contribution < -0.4 is 5.32 Å². The van der Waals surface area contributed by atoms with E-state index < -0.39 is 0 Å². The minimum Gasteiger partial charge on any atom is -0.392 e. The molecule has 0 bridgehead atoms. The molecule has 0 aliphatic carbocycles. The largest absolute Gasteiger partial charge is 0.392 e. The van der Waals surface area contributed by atoms with Gasteiger partial charge < -0.3 is 15.2 Å². The molecule has 68 valence electrons. The zero-order chi connectivity index (χ0) is 8.53. The molecule has 0 aromatic heterocycles. The second kappa shape index (κ2) is 7.98. The SMILES string of the molecule is CCOCCNCC(O)CC. The maximum absolute atomic E-state index is 9.11. The fourth-order valence-electron chi connectivity index (χ4n) is 0.702. The summed E-state index contributed by atoms with van der Waals surface area (Å²) in [7, 11) is 0. The average Bonchev–Trinajstić information content (AvgIpc) is 2.04. The van der Waals surface area contributed by atoms with Crippen molar-refractivity contribution in [3.63, 3.8) is 0 Å². The van der Waals surface area contributed by atoms with Crippen LogP contribution in [-0.2, 0) is 4.74 Å². The number of aliphatic hydroxyl groups is 1. The molecule has 0 saturated heterocycles. The van der Waals surface area contributed by atoms with Gasteiger partial charge >= 0.3 is 0 Å². The van der Waals surface area contributed by atoms with E-state index in [1.54, 1.807) is 0 Å². The van der Waals surface area contributed by atoms with E-state index in [0.717, 1.165) is 26.2 Å². The highest BCUT2D eigenvalue weighted by atomic mass is 16.5. The van der Waals surface area contributed by atoms with Crippen molar-refractivity contribution >= 4 is 0 Å². The maximum atomic E-state index is 9.11. The van der Waals surface area contributed by atoms with E-state index in [1.165, 1.54) is 0 Å². The van der Waals surface area contributed by atoms with Crippen LogP contribution in [0.3, 0.4) is 0 Å². The highest BCUT2D eigenvalue weighted by Crippen LogP contribution is 1.85. The summed E-state index contributed by atoms with van der Waals surface area (Å²) < 4.78 is 5.10. The average molecular weight is 161 g/mol. The van der Waals surface area contributed by atoms with Gasteiger partial charge in [0.25, 0.3) is 0 Å². The summed E-state index contributed by atoms with van der Waals surface area (Å²) in [5.74, 6) is 0. The van der Waals surface area contributed by atoms with Gasteiger partial charge in [0.05, 0.1) is 12.7 Å². The summed E-state index contributed by atoms with van der Waals surface area (Å²) in [4.78, 5) is 0. The van der Waals surface area contributed by atoms with E-state index in [0.29, 0.717) is 6.54 Å². The molecule has 0 saturated carbocycles. The topological polar surface area (TPSA) is 41.5 Å². The molecule has 0 radical (unpaired) electrons. The third-order valence-corrected chi connectivity index (χ3v) is 1.48. The maximum Gasteiger partial charge on any atom is 0.0662 e. The molecule has 0 heterocycles. The van der Waals surface area contributed by atoms with Gasteiger partial charge in [0.2, 0.25) is 0 Å². The molecular formula is C8H19NO2. The Labute approximate surface area is 68.8 Å². The van der Waals surface area contributed by atoms with Crippen LogP contribution in [0.25, 0.3) is 0 Å². The van der Waals surface area contributed by atoms with Crippen molar-refractivity contribution in [1.29, 1.82) is 0 Å². The molecular weight excluding hydrogens is 142 g/mol. The number of hydrogen-bond acceptors (Lipinski definition) is 3. The van der Waals surface area contributed by atoms with E-state index in [2.05, 4.69) is 5.32 Å². The Bertz CT molecular complexity index is 78.5. The second-order valence-electron chi connectivity index (χ2n) is 2.46. The molecule has 0 amide bonds. The van der Waals surface area contributed by atoms with Crippen LogP contribution in [0.4, 0.5) is 0 Å². The van der Waals surface area contributed by atoms with Crippen LogP contribution in [0.15, 0.2) is 0 Å². The van der Waals surface area contributed by atoms with Crippen LogP contribution >= 0.6 is 0 Å². The molecule has 0 aromatic rings. The molecule has 11 heavy (non-hydrogen) atoms. The minimum atomic E-state index is -0.211. The number of hydrogen-bond donors (Lipinski definition) is 2. The van der Waals surface area contributed by atoms with Gasteiger partial charge in [0.1, 0.15) is 0 Å². The molecule has 0 spiro atoms. The summed E-state index contributed by atoms with van der Waals surface area (Å²) in [6, 6.07) is 0. The monoisotopic (exact) mass is 161 g/mol. The molecule has 0 aliphatic heterocycles. The Kier molecular flexibility index (Phi) is 7.89. The highest BCUT2D eigenvalue weighted by molar-refractivity contribution is 4.55. The summed E-state index contributed by atoms with van der Waals surface area (Å²) in [6.07, 6.45) is 0.596. The third kappa shape index (κ3) is 7.78. The highest BCUT2D eigenvalue weighted by Gasteiger charge is 1.97. The van der Waals surface area contributed by atoms with Gasteiger partial charge in [-0.3, -0.25) is 0 Å². The molecule has 1 unspecified atom stereocenters. The van der Waals surface area contributed by atoms with E-state index >= 15 is 0 Å². The van der Waals surface area contributed by atoms with Gasteiger partial charge in [-0.25, -0.2) is 0 Å². The fourth-order valence-corrected chi connectivity index (χ4v) is 0.702. The lowest BCUT2D eigenvalue weighted by atomic mass is 10.3. The Morgan fingerprint density at radius 1 is 1.45 bits per heavy atom. The number of rotatable bonds is 7. The predicted molar refractivity (Wildman–Crippen MR) is 45.7 cm³/mol. The first kappa shape index (κ1) is 10.9. The summed E-state index contributed by atoms with van der Waals surface area (Å²) in [5, 5.41) is 12.2. The first-order valence-electron chi connectivity index (χ1n) is 4.27. The van der Waals surface area contributed by atoms with Crippen LogP contribution in [0, 0.1) is 0 Å². The Morgan fingerprint density at radius 2 is 2.18 bits per heavy atom. The van der Waals surface area contributed by atoms with Gasteiger partial charge in [0, 0.05) is 19.7 Å². The van der Waals surface area contributed by atoms with Crippen molar-refractivity contribution < 1.29 is 9.84 Å². The molecule has 1 atom stereocenters. The molecule has 2 N–H and O–H groups in total. The van der Waals surface area contributed by atoms with Gasteiger partial charge in [-0.2, -0.15) is 0 Å². The normalized spacial score (nSPS) is 13.4. The summed E-state index contributed by atoms with van der Waals surface area (Å²) in [6.45, 7) is 6.93. The molecule has 0 aliphatic rings. The van der Waals surface area contributed by atoms with Crippen molar-refractivity contribution in [1.82, 2.24) is 5.32 Å². The third-order valence-electron chi connectivity index (χ3n) is 1.48.